The van der Waals surface area contributed by atoms with E-state index in [1.807, 2.05) is 9.80 Å². The molecule has 2 atom stereocenters. The summed E-state index contributed by atoms with van der Waals surface area (Å²) < 4.78 is 0. The van der Waals surface area contributed by atoms with Gasteiger partial charge in [0, 0.05) is 26.2 Å². The highest BCUT2D eigenvalue weighted by Crippen LogP contribution is 2.28. The van der Waals surface area contributed by atoms with E-state index in [4.69, 9.17) is 0 Å². The van der Waals surface area contributed by atoms with E-state index in [9.17, 15) is 9.59 Å². The van der Waals surface area contributed by atoms with Crippen molar-refractivity contribution in [1.82, 2.24) is 15.1 Å². The first kappa shape index (κ1) is 26.4. The molecule has 5 nitrogen and oxygen atoms in total. The number of carbonyl (C=O) groups excluding carboxylic acids is 2. The Bertz CT molecular complexity index is 545. The standard InChI is InChI=1S/C10H17NO.C8H13NO.C7H15N/c1-4-9(12)11-7-5-6-10(2,3)8-11;1-2-8(10)9-6-4-3-5-7-9;1-6-3-7(2)5-8-4-6/h4H,1,5-8H2,2-3H3;2H,1,3-7H2;6-8H,3-5H2,1-2H3. The monoisotopic (exact) mass is 419 g/mol. The minimum Gasteiger partial charge on any atom is -0.339 e. The molecule has 0 aromatic carbocycles. The number of amides is 2. The summed E-state index contributed by atoms with van der Waals surface area (Å²) in [5.74, 6) is 1.96. The van der Waals surface area contributed by atoms with E-state index in [0.29, 0.717) is 0 Å². The van der Waals surface area contributed by atoms with Gasteiger partial charge in [-0.1, -0.05) is 40.9 Å². The quantitative estimate of drug-likeness (QED) is 0.681. The summed E-state index contributed by atoms with van der Waals surface area (Å²) in [6.45, 7) is 22.0. The van der Waals surface area contributed by atoms with E-state index in [1.165, 1.54) is 44.5 Å². The second-order valence-electron chi connectivity index (χ2n) is 9.93. The van der Waals surface area contributed by atoms with Crippen LogP contribution in [0.4, 0.5) is 0 Å². The Kier molecular flexibility index (Phi) is 12.0. The van der Waals surface area contributed by atoms with E-state index < -0.39 is 0 Å². The number of piperidine rings is 3. The van der Waals surface area contributed by atoms with Crippen LogP contribution in [0.25, 0.3) is 0 Å². The Balaban J connectivity index is 0.000000230. The normalized spacial score (nSPS) is 25.6. The van der Waals surface area contributed by atoms with E-state index in [-0.39, 0.29) is 17.2 Å². The lowest BCUT2D eigenvalue weighted by molar-refractivity contribution is -0.129. The summed E-state index contributed by atoms with van der Waals surface area (Å²) in [6, 6.07) is 0. The molecule has 3 rings (SSSR count). The Labute approximate surface area is 185 Å². The van der Waals surface area contributed by atoms with Gasteiger partial charge in [0.2, 0.25) is 11.8 Å². The third-order valence-electron chi connectivity index (χ3n) is 6.02. The van der Waals surface area contributed by atoms with Gasteiger partial charge in [-0.05, 0) is 81.0 Å². The highest BCUT2D eigenvalue weighted by molar-refractivity contribution is 5.87. The molecule has 3 saturated heterocycles. The van der Waals surface area contributed by atoms with E-state index in [0.717, 1.165) is 57.3 Å². The molecule has 0 bridgehead atoms. The molecule has 2 unspecified atom stereocenters. The molecule has 0 saturated carbocycles. The highest BCUT2D eigenvalue weighted by atomic mass is 16.2. The van der Waals surface area contributed by atoms with E-state index in [2.05, 4.69) is 46.2 Å². The van der Waals surface area contributed by atoms with Crippen molar-refractivity contribution in [3.05, 3.63) is 25.3 Å². The highest BCUT2D eigenvalue weighted by Gasteiger charge is 2.27. The zero-order valence-corrected chi connectivity index (χ0v) is 19.9. The zero-order chi connectivity index (χ0) is 22.6. The van der Waals surface area contributed by atoms with Crippen LogP contribution in [-0.4, -0.2) is 60.9 Å². The van der Waals surface area contributed by atoms with Crippen molar-refractivity contribution in [2.45, 2.75) is 66.2 Å². The van der Waals surface area contributed by atoms with Crippen LogP contribution in [0.15, 0.2) is 25.3 Å². The number of rotatable bonds is 2. The van der Waals surface area contributed by atoms with Gasteiger partial charge in [-0.3, -0.25) is 9.59 Å². The molecule has 2 amide bonds. The topological polar surface area (TPSA) is 52.7 Å². The average Bonchev–Trinajstić information content (AvgIpc) is 2.73. The predicted molar refractivity (Wildman–Crippen MR) is 126 cm³/mol. The van der Waals surface area contributed by atoms with Gasteiger partial charge >= 0.3 is 0 Å². The molecule has 3 fully saturated rings. The summed E-state index contributed by atoms with van der Waals surface area (Å²) in [6.07, 6.45) is 10.1. The smallest absolute Gasteiger partial charge is 0.245 e. The third-order valence-corrected chi connectivity index (χ3v) is 6.02. The van der Waals surface area contributed by atoms with Crippen molar-refractivity contribution < 1.29 is 9.59 Å². The molecular formula is C25H45N3O2. The molecule has 3 aliphatic heterocycles. The van der Waals surface area contributed by atoms with Crippen LogP contribution in [0.3, 0.4) is 0 Å². The van der Waals surface area contributed by atoms with Crippen LogP contribution in [-0.2, 0) is 9.59 Å². The van der Waals surface area contributed by atoms with Crippen molar-refractivity contribution in [1.29, 1.82) is 0 Å². The summed E-state index contributed by atoms with van der Waals surface area (Å²) in [5, 5.41) is 3.38. The Morgan fingerprint density at radius 2 is 1.37 bits per heavy atom. The summed E-state index contributed by atoms with van der Waals surface area (Å²) in [7, 11) is 0. The van der Waals surface area contributed by atoms with Crippen LogP contribution < -0.4 is 5.32 Å². The fourth-order valence-corrected chi connectivity index (χ4v) is 4.41. The van der Waals surface area contributed by atoms with Gasteiger partial charge in [0.25, 0.3) is 0 Å². The summed E-state index contributed by atoms with van der Waals surface area (Å²) in [5.41, 5.74) is 0.289. The number of nitrogens with one attached hydrogen (secondary N) is 1. The minimum atomic E-state index is 0.0720. The second-order valence-corrected chi connectivity index (χ2v) is 9.93. The Hall–Kier alpha value is -1.62. The maximum absolute atomic E-state index is 11.3. The number of nitrogens with zero attached hydrogens (tertiary/aromatic N) is 2. The molecule has 1 N–H and O–H groups in total. The van der Waals surface area contributed by atoms with Crippen LogP contribution >= 0.6 is 0 Å². The molecule has 0 radical (unpaired) electrons. The lowest BCUT2D eigenvalue weighted by Gasteiger charge is -2.37. The molecule has 3 heterocycles. The van der Waals surface area contributed by atoms with Crippen LogP contribution in [0.1, 0.15) is 66.2 Å². The Morgan fingerprint density at radius 3 is 1.80 bits per heavy atom. The van der Waals surface area contributed by atoms with Gasteiger partial charge in [-0.15, -0.1) is 0 Å². The van der Waals surface area contributed by atoms with E-state index >= 15 is 0 Å². The molecule has 172 valence electrons. The minimum absolute atomic E-state index is 0.0720. The number of likely N-dealkylation sites (tertiary alicyclic amines) is 2. The van der Waals surface area contributed by atoms with Gasteiger partial charge in [0.15, 0.2) is 0 Å². The average molecular weight is 420 g/mol. The third kappa shape index (κ3) is 10.4. The van der Waals surface area contributed by atoms with Crippen molar-refractivity contribution in [2.24, 2.45) is 17.3 Å². The van der Waals surface area contributed by atoms with Crippen molar-refractivity contribution >= 4 is 11.8 Å². The molecule has 5 heteroatoms. The van der Waals surface area contributed by atoms with Crippen LogP contribution in [0, 0.1) is 17.3 Å². The first-order valence-electron chi connectivity index (χ1n) is 11.7. The molecule has 30 heavy (non-hydrogen) atoms. The molecule has 0 aliphatic carbocycles. The molecule has 0 aromatic heterocycles. The maximum atomic E-state index is 11.3. The maximum Gasteiger partial charge on any atom is 0.245 e. The van der Waals surface area contributed by atoms with Crippen LogP contribution in [0.2, 0.25) is 0 Å². The first-order chi connectivity index (χ1) is 14.2. The van der Waals surface area contributed by atoms with Crippen LogP contribution in [0.5, 0.6) is 0 Å². The van der Waals surface area contributed by atoms with Gasteiger partial charge in [0.1, 0.15) is 0 Å². The van der Waals surface area contributed by atoms with Gasteiger partial charge < -0.3 is 15.1 Å². The lowest BCUT2D eigenvalue weighted by Crippen LogP contribution is -2.42. The first-order valence-corrected chi connectivity index (χ1v) is 11.7. The van der Waals surface area contributed by atoms with Gasteiger partial charge in [0.05, 0.1) is 0 Å². The van der Waals surface area contributed by atoms with Crippen molar-refractivity contribution in [3.8, 4) is 0 Å². The molecule has 0 spiro atoms. The fraction of sp³-hybridized carbons (Fsp3) is 0.760. The summed E-state index contributed by atoms with van der Waals surface area (Å²) >= 11 is 0. The molecular weight excluding hydrogens is 374 g/mol. The van der Waals surface area contributed by atoms with Gasteiger partial charge in [-0.25, -0.2) is 0 Å². The lowest BCUT2D eigenvalue weighted by atomic mass is 9.84. The predicted octanol–water partition coefficient (Wildman–Crippen LogP) is 4.26. The van der Waals surface area contributed by atoms with E-state index in [1.54, 1.807) is 0 Å². The molecule has 3 aliphatic rings. The number of carbonyl (C=O) groups is 2. The second kappa shape index (κ2) is 13.6. The fourth-order valence-electron chi connectivity index (χ4n) is 4.41. The van der Waals surface area contributed by atoms with Crippen molar-refractivity contribution in [3.63, 3.8) is 0 Å². The van der Waals surface area contributed by atoms with Gasteiger partial charge in [-0.2, -0.15) is 0 Å². The van der Waals surface area contributed by atoms with Crippen molar-refractivity contribution in [2.75, 3.05) is 39.3 Å². The Morgan fingerprint density at radius 1 is 0.867 bits per heavy atom. The largest absolute Gasteiger partial charge is 0.339 e. The number of hydrogen-bond acceptors (Lipinski definition) is 3. The number of hydrogen-bond donors (Lipinski definition) is 1. The molecule has 0 aromatic rings. The SMILES string of the molecule is C=CC(=O)N1CCCC(C)(C)C1.C=CC(=O)N1CCCCC1.CC1CNCC(C)C1. The summed E-state index contributed by atoms with van der Waals surface area (Å²) in [4.78, 5) is 26.0. The zero-order valence-electron chi connectivity index (χ0n) is 19.9.